The van der Waals surface area contributed by atoms with Crippen molar-refractivity contribution in [2.45, 2.75) is 44.7 Å². The third kappa shape index (κ3) is 5.33. The van der Waals surface area contributed by atoms with Crippen molar-refractivity contribution in [1.29, 1.82) is 0 Å². The summed E-state index contributed by atoms with van der Waals surface area (Å²) in [6.07, 6.45) is 8.12. The minimum absolute atomic E-state index is 0.0432. The standard InChI is InChI=1S/C24H27ClN6/c1-15-6-12-19-18(14-15)23(29-20-4-2-3-5-21(20)30-24(26)27)31-22(28-19)13-9-16-7-10-17(25)11-8-16/h6-14,20-21H,2-5H2,1H3,(H4,26,27,30)(H,28,29,31). The van der Waals surface area contributed by atoms with Gasteiger partial charge < -0.3 is 16.8 Å². The molecule has 1 saturated carbocycles. The molecule has 1 aliphatic carbocycles. The number of hydrogen-bond donors (Lipinski definition) is 3. The maximum Gasteiger partial charge on any atom is 0.186 e. The number of nitrogens with zero attached hydrogens (tertiary/aromatic N) is 3. The molecule has 0 amide bonds. The number of aromatic nitrogens is 2. The first-order valence-corrected chi connectivity index (χ1v) is 10.9. The van der Waals surface area contributed by atoms with Crippen molar-refractivity contribution >= 4 is 46.4 Å². The van der Waals surface area contributed by atoms with Crippen LogP contribution in [0, 0.1) is 6.92 Å². The molecule has 3 aromatic rings. The number of halogens is 1. The van der Waals surface area contributed by atoms with Gasteiger partial charge in [0.25, 0.3) is 0 Å². The van der Waals surface area contributed by atoms with Crippen molar-refractivity contribution in [1.82, 2.24) is 9.97 Å². The fourth-order valence-corrected chi connectivity index (χ4v) is 4.12. The highest BCUT2D eigenvalue weighted by Gasteiger charge is 2.26. The van der Waals surface area contributed by atoms with Gasteiger partial charge in [0, 0.05) is 10.4 Å². The summed E-state index contributed by atoms with van der Waals surface area (Å²) in [4.78, 5) is 14.0. The summed E-state index contributed by atoms with van der Waals surface area (Å²) < 4.78 is 0. The number of rotatable bonds is 5. The minimum Gasteiger partial charge on any atom is -0.370 e. The van der Waals surface area contributed by atoms with Crippen LogP contribution in [-0.4, -0.2) is 28.0 Å². The van der Waals surface area contributed by atoms with Gasteiger partial charge in [0.2, 0.25) is 0 Å². The highest BCUT2D eigenvalue weighted by Crippen LogP contribution is 2.28. The third-order valence-electron chi connectivity index (χ3n) is 5.53. The number of benzene rings is 2. The Labute approximate surface area is 187 Å². The lowest BCUT2D eigenvalue weighted by molar-refractivity contribution is 0.405. The SMILES string of the molecule is Cc1ccc2nc(C=Cc3ccc(Cl)cc3)nc(NC3CCCCC3N=C(N)N)c2c1. The van der Waals surface area contributed by atoms with Crippen molar-refractivity contribution in [2.75, 3.05) is 5.32 Å². The Morgan fingerprint density at radius 1 is 1.06 bits per heavy atom. The number of nitrogens with one attached hydrogen (secondary N) is 1. The summed E-state index contributed by atoms with van der Waals surface area (Å²) in [5, 5.41) is 5.34. The van der Waals surface area contributed by atoms with Gasteiger partial charge in [-0.1, -0.05) is 54.3 Å². The van der Waals surface area contributed by atoms with E-state index in [4.69, 9.17) is 33.0 Å². The highest BCUT2D eigenvalue weighted by molar-refractivity contribution is 6.30. The molecule has 6 nitrogen and oxygen atoms in total. The Hall–Kier alpha value is -3.12. The largest absolute Gasteiger partial charge is 0.370 e. The predicted octanol–water partition coefficient (Wildman–Crippen LogP) is 4.76. The van der Waals surface area contributed by atoms with E-state index < -0.39 is 0 Å². The van der Waals surface area contributed by atoms with Gasteiger partial charge in [-0.2, -0.15) is 0 Å². The van der Waals surface area contributed by atoms with E-state index in [1.54, 1.807) is 0 Å². The van der Waals surface area contributed by atoms with Gasteiger partial charge in [0.15, 0.2) is 11.8 Å². The number of hydrogen-bond acceptors (Lipinski definition) is 4. The zero-order valence-corrected chi connectivity index (χ0v) is 18.3. The number of fused-ring (bicyclic) bond motifs is 1. The molecule has 5 N–H and O–H groups in total. The average molecular weight is 435 g/mol. The Balaban J connectivity index is 1.69. The van der Waals surface area contributed by atoms with Gasteiger partial charge in [0.05, 0.1) is 17.6 Å². The molecule has 0 bridgehead atoms. The van der Waals surface area contributed by atoms with Crippen LogP contribution in [0.25, 0.3) is 23.1 Å². The molecular weight excluding hydrogens is 408 g/mol. The minimum atomic E-state index is 0.0432. The quantitative estimate of drug-likeness (QED) is 0.397. The number of nitrogens with two attached hydrogens (primary N) is 2. The number of anilines is 1. The normalized spacial score (nSPS) is 18.9. The molecule has 4 rings (SSSR count). The second kappa shape index (κ2) is 9.35. The third-order valence-corrected chi connectivity index (χ3v) is 5.78. The first kappa shape index (κ1) is 21.1. The Morgan fingerprint density at radius 3 is 2.61 bits per heavy atom. The van der Waals surface area contributed by atoms with E-state index in [1.165, 1.54) is 0 Å². The van der Waals surface area contributed by atoms with Gasteiger partial charge >= 0.3 is 0 Å². The second-order valence-electron chi connectivity index (χ2n) is 7.99. The summed E-state index contributed by atoms with van der Waals surface area (Å²) in [5.41, 5.74) is 14.4. The van der Waals surface area contributed by atoms with Crippen LogP contribution >= 0.6 is 11.6 Å². The van der Waals surface area contributed by atoms with Gasteiger partial charge in [0.1, 0.15) is 5.82 Å². The summed E-state index contributed by atoms with van der Waals surface area (Å²) >= 11 is 5.98. The zero-order valence-electron chi connectivity index (χ0n) is 17.6. The van der Waals surface area contributed by atoms with Gasteiger partial charge in [-0.3, -0.25) is 0 Å². The Kier molecular flexibility index (Phi) is 6.37. The van der Waals surface area contributed by atoms with E-state index in [1.807, 2.05) is 42.5 Å². The molecule has 0 saturated heterocycles. The molecule has 1 heterocycles. The molecule has 1 fully saturated rings. The first-order chi connectivity index (χ1) is 15.0. The molecule has 0 spiro atoms. The Bertz CT molecular complexity index is 1120. The molecule has 7 heteroatoms. The first-order valence-electron chi connectivity index (χ1n) is 10.6. The molecule has 2 atom stereocenters. The molecule has 0 radical (unpaired) electrons. The van der Waals surface area contributed by atoms with E-state index in [-0.39, 0.29) is 18.0 Å². The number of guanidine groups is 1. The maximum absolute atomic E-state index is 5.98. The number of aliphatic imine (C=N–C) groups is 1. The predicted molar refractivity (Wildman–Crippen MR) is 130 cm³/mol. The molecule has 0 aliphatic heterocycles. The van der Waals surface area contributed by atoms with Gasteiger partial charge in [-0.25, -0.2) is 15.0 Å². The highest BCUT2D eigenvalue weighted by atomic mass is 35.5. The van der Waals surface area contributed by atoms with Crippen LogP contribution in [0.4, 0.5) is 5.82 Å². The van der Waals surface area contributed by atoms with E-state index in [9.17, 15) is 0 Å². The van der Waals surface area contributed by atoms with Gasteiger partial charge in [-0.15, -0.1) is 0 Å². The smallest absolute Gasteiger partial charge is 0.186 e. The second-order valence-corrected chi connectivity index (χ2v) is 8.43. The van der Waals surface area contributed by atoms with Crippen molar-refractivity contribution < 1.29 is 0 Å². The van der Waals surface area contributed by atoms with Crippen molar-refractivity contribution in [3.8, 4) is 0 Å². The zero-order chi connectivity index (χ0) is 21.8. The molecule has 1 aliphatic rings. The van der Waals surface area contributed by atoms with E-state index >= 15 is 0 Å². The summed E-state index contributed by atoms with van der Waals surface area (Å²) in [6.45, 7) is 2.07. The van der Waals surface area contributed by atoms with Crippen LogP contribution in [0.5, 0.6) is 0 Å². The summed E-state index contributed by atoms with van der Waals surface area (Å²) in [7, 11) is 0. The van der Waals surface area contributed by atoms with Crippen molar-refractivity contribution in [3.63, 3.8) is 0 Å². The lowest BCUT2D eigenvalue weighted by Crippen LogP contribution is -2.38. The monoisotopic (exact) mass is 434 g/mol. The molecule has 1 aromatic heterocycles. The Morgan fingerprint density at radius 2 is 1.84 bits per heavy atom. The van der Waals surface area contributed by atoms with Crippen LogP contribution in [0.3, 0.4) is 0 Å². The maximum atomic E-state index is 5.98. The summed E-state index contributed by atoms with van der Waals surface area (Å²) in [5.74, 6) is 1.59. The van der Waals surface area contributed by atoms with E-state index in [2.05, 4.69) is 29.4 Å². The van der Waals surface area contributed by atoms with Crippen LogP contribution < -0.4 is 16.8 Å². The van der Waals surface area contributed by atoms with Gasteiger partial charge in [-0.05, 0) is 55.7 Å². The van der Waals surface area contributed by atoms with E-state index in [0.717, 1.165) is 53.5 Å². The van der Waals surface area contributed by atoms with Crippen molar-refractivity contribution in [3.05, 3.63) is 64.4 Å². The van der Waals surface area contributed by atoms with Crippen LogP contribution in [0.15, 0.2) is 47.5 Å². The molecular formula is C24H27ClN6. The van der Waals surface area contributed by atoms with Crippen molar-refractivity contribution in [2.24, 2.45) is 16.5 Å². The van der Waals surface area contributed by atoms with Crippen LogP contribution in [0.2, 0.25) is 5.02 Å². The van der Waals surface area contributed by atoms with E-state index in [0.29, 0.717) is 10.8 Å². The average Bonchev–Trinajstić information content (AvgIpc) is 2.75. The fraction of sp³-hybridized carbons (Fsp3) is 0.292. The molecule has 2 aromatic carbocycles. The summed E-state index contributed by atoms with van der Waals surface area (Å²) in [6, 6.07) is 14.0. The lowest BCUT2D eigenvalue weighted by Gasteiger charge is -2.30. The molecule has 31 heavy (non-hydrogen) atoms. The lowest BCUT2D eigenvalue weighted by atomic mass is 9.90. The van der Waals surface area contributed by atoms with Crippen LogP contribution in [0.1, 0.15) is 42.6 Å². The number of aryl methyl sites for hydroxylation is 1. The fourth-order valence-electron chi connectivity index (χ4n) is 3.99. The molecule has 2 unspecified atom stereocenters. The molecule has 160 valence electrons. The van der Waals surface area contributed by atoms with Crippen LogP contribution in [-0.2, 0) is 0 Å². The topological polar surface area (TPSA) is 102 Å².